The number of nitrogens with zero attached hydrogens (tertiary/aromatic N) is 2. The van der Waals surface area contributed by atoms with Crippen LogP contribution < -0.4 is 5.73 Å². The van der Waals surface area contributed by atoms with E-state index in [2.05, 4.69) is 50.9 Å². The second kappa shape index (κ2) is 8.09. The van der Waals surface area contributed by atoms with Gasteiger partial charge in [-0.1, -0.05) is 22.0 Å². The van der Waals surface area contributed by atoms with Gasteiger partial charge in [-0.2, -0.15) is 0 Å². The number of halogens is 2. The molecule has 5 heteroatoms. The number of nitrogens with two attached hydrogens (primary N) is 1. The van der Waals surface area contributed by atoms with Gasteiger partial charge < -0.3 is 10.6 Å². The Morgan fingerprint density at radius 1 is 1.32 bits per heavy atom. The van der Waals surface area contributed by atoms with Crippen molar-refractivity contribution in [2.75, 3.05) is 13.1 Å². The fourth-order valence-electron chi connectivity index (χ4n) is 2.23. The topological polar surface area (TPSA) is 41.6 Å². The Bertz CT molecular complexity index is 442. The Morgan fingerprint density at radius 3 is 2.63 bits per heavy atom. The maximum Gasteiger partial charge on any atom is 0.191 e. The number of aryl methyl sites for hydroxylation is 1. The van der Waals surface area contributed by atoms with Crippen molar-refractivity contribution in [3.8, 4) is 0 Å². The Balaban J connectivity index is 0.00000180. The molecule has 0 spiro atoms. The lowest BCUT2D eigenvalue weighted by molar-refractivity contribution is 0.338. The molecule has 0 bridgehead atoms. The maximum atomic E-state index is 6.04. The van der Waals surface area contributed by atoms with Crippen molar-refractivity contribution in [2.24, 2.45) is 10.7 Å². The van der Waals surface area contributed by atoms with Crippen LogP contribution in [0.2, 0.25) is 0 Å². The van der Waals surface area contributed by atoms with Crippen molar-refractivity contribution in [2.45, 2.75) is 32.7 Å². The van der Waals surface area contributed by atoms with E-state index in [1.54, 1.807) is 0 Å². The van der Waals surface area contributed by atoms with E-state index >= 15 is 0 Å². The molecule has 2 rings (SSSR count). The summed E-state index contributed by atoms with van der Waals surface area (Å²) in [6.07, 6.45) is 3.77. The quantitative estimate of drug-likeness (QED) is 0.435. The molecular formula is C14H21BrIN3. The Morgan fingerprint density at radius 2 is 2.00 bits per heavy atom. The zero-order valence-corrected chi connectivity index (χ0v) is 15.1. The predicted octanol–water partition coefficient (Wildman–Crippen LogP) is 3.68. The van der Waals surface area contributed by atoms with Gasteiger partial charge in [0.05, 0.1) is 6.54 Å². The molecule has 1 saturated heterocycles. The molecule has 1 aromatic rings. The highest BCUT2D eigenvalue weighted by Crippen LogP contribution is 2.16. The van der Waals surface area contributed by atoms with Crippen LogP contribution in [-0.2, 0) is 6.54 Å². The number of hydrogen-bond donors (Lipinski definition) is 1. The molecule has 0 unspecified atom stereocenters. The zero-order chi connectivity index (χ0) is 13.0. The predicted molar refractivity (Wildman–Crippen MR) is 95.0 cm³/mol. The first kappa shape index (κ1) is 16.8. The summed E-state index contributed by atoms with van der Waals surface area (Å²) in [6, 6.07) is 6.27. The number of rotatable bonds is 2. The van der Waals surface area contributed by atoms with E-state index in [9.17, 15) is 0 Å². The van der Waals surface area contributed by atoms with Crippen LogP contribution >= 0.6 is 39.9 Å². The molecule has 0 radical (unpaired) electrons. The zero-order valence-electron chi connectivity index (χ0n) is 11.2. The summed E-state index contributed by atoms with van der Waals surface area (Å²) in [5, 5.41) is 0. The van der Waals surface area contributed by atoms with Crippen LogP contribution in [0.3, 0.4) is 0 Å². The van der Waals surface area contributed by atoms with Crippen molar-refractivity contribution in [3.63, 3.8) is 0 Å². The molecule has 0 aromatic heterocycles. The van der Waals surface area contributed by atoms with Gasteiger partial charge in [-0.05, 0) is 49.4 Å². The third-order valence-electron chi connectivity index (χ3n) is 3.40. The highest BCUT2D eigenvalue weighted by Gasteiger charge is 2.11. The number of hydrogen-bond acceptors (Lipinski definition) is 1. The molecule has 1 aliphatic rings. The molecule has 0 aliphatic carbocycles. The van der Waals surface area contributed by atoms with E-state index < -0.39 is 0 Å². The van der Waals surface area contributed by atoms with Crippen LogP contribution in [0.5, 0.6) is 0 Å². The third kappa shape index (κ3) is 4.95. The van der Waals surface area contributed by atoms with Crippen LogP contribution in [0.15, 0.2) is 27.7 Å². The highest BCUT2D eigenvalue weighted by molar-refractivity contribution is 14.0. The van der Waals surface area contributed by atoms with Crippen LogP contribution in [0.25, 0.3) is 0 Å². The minimum absolute atomic E-state index is 0. The summed E-state index contributed by atoms with van der Waals surface area (Å²) in [7, 11) is 0. The average molecular weight is 438 g/mol. The van der Waals surface area contributed by atoms with Crippen LogP contribution in [-0.4, -0.2) is 23.9 Å². The lowest BCUT2D eigenvalue weighted by atomic mass is 10.1. The van der Waals surface area contributed by atoms with Gasteiger partial charge in [-0.3, -0.25) is 0 Å². The maximum absolute atomic E-state index is 6.04. The molecular weight excluding hydrogens is 417 g/mol. The van der Waals surface area contributed by atoms with Crippen LogP contribution in [0.1, 0.15) is 30.4 Å². The molecule has 1 heterocycles. The first-order valence-corrected chi connectivity index (χ1v) is 7.26. The Hall–Kier alpha value is -0.300. The Kier molecular flexibility index (Phi) is 7.13. The molecule has 0 amide bonds. The molecule has 0 atom stereocenters. The summed E-state index contributed by atoms with van der Waals surface area (Å²) in [6.45, 7) is 4.87. The van der Waals surface area contributed by atoms with Crippen molar-refractivity contribution < 1.29 is 0 Å². The van der Waals surface area contributed by atoms with Crippen molar-refractivity contribution in [1.82, 2.24) is 4.90 Å². The van der Waals surface area contributed by atoms with E-state index in [0.717, 1.165) is 17.6 Å². The lowest BCUT2D eigenvalue weighted by Gasteiger charge is -2.27. The van der Waals surface area contributed by atoms with Gasteiger partial charge >= 0.3 is 0 Å². The molecule has 2 N–H and O–H groups in total. The smallest absolute Gasteiger partial charge is 0.191 e. The normalized spacial score (nSPS) is 16.1. The van der Waals surface area contributed by atoms with Crippen molar-refractivity contribution in [1.29, 1.82) is 0 Å². The molecule has 1 aliphatic heterocycles. The van der Waals surface area contributed by atoms with E-state index in [1.165, 1.54) is 30.4 Å². The van der Waals surface area contributed by atoms with E-state index in [0.29, 0.717) is 12.5 Å². The first-order valence-electron chi connectivity index (χ1n) is 6.47. The van der Waals surface area contributed by atoms with Gasteiger partial charge in [-0.15, -0.1) is 24.0 Å². The fraction of sp³-hybridized carbons (Fsp3) is 0.500. The van der Waals surface area contributed by atoms with Crippen LogP contribution in [0.4, 0.5) is 0 Å². The highest BCUT2D eigenvalue weighted by atomic mass is 127. The first-order chi connectivity index (χ1) is 8.66. The summed E-state index contributed by atoms with van der Waals surface area (Å²) >= 11 is 3.47. The number of likely N-dealkylation sites (tertiary alicyclic amines) is 1. The van der Waals surface area contributed by atoms with Crippen LogP contribution in [0, 0.1) is 6.92 Å². The Labute approximate surface area is 140 Å². The number of aliphatic imine (C=N–C) groups is 1. The summed E-state index contributed by atoms with van der Waals surface area (Å²) in [5.41, 5.74) is 8.53. The van der Waals surface area contributed by atoms with Gasteiger partial charge in [0.25, 0.3) is 0 Å². The SMILES string of the molecule is Cc1cc(Br)ccc1CN=C(N)N1CCCCC1.I. The average Bonchev–Trinajstić information content (AvgIpc) is 2.38. The number of benzene rings is 1. The van der Waals surface area contributed by atoms with Crippen molar-refractivity contribution >= 4 is 45.9 Å². The second-order valence-corrected chi connectivity index (χ2v) is 5.71. The summed E-state index contributed by atoms with van der Waals surface area (Å²) in [5.74, 6) is 0.692. The minimum Gasteiger partial charge on any atom is -0.370 e. The van der Waals surface area contributed by atoms with Crippen molar-refractivity contribution in [3.05, 3.63) is 33.8 Å². The molecule has 3 nitrogen and oxygen atoms in total. The van der Waals surface area contributed by atoms with E-state index in [4.69, 9.17) is 5.73 Å². The number of guanidine groups is 1. The minimum atomic E-state index is 0. The van der Waals surface area contributed by atoms with Gasteiger partial charge in [-0.25, -0.2) is 4.99 Å². The van der Waals surface area contributed by atoms with Gasteiger partial charge in [0.1, 0.15) is 0 Å². The van der Waals surface area contributed by atoms with Gasteiger partial charge in [0.15, 0.2) is 5.96 Å². The molecule has 1 aromatic carbocycles. The standard InChI is InChI=1S/C14H20BrN3.HI/c1-11-9-13(15)6-5-12(11)10-17-14(16)18-7-3-2-4-8-18;/h5-6,9H,2-4,7-8,10H2,1H3,(H2,16,17);1H. The monoisotopic (exact) mass is 437 g/mol. The van der Waals surface area contributed by atoms with E-state index in [-0.39, 0.29) is 24.0 Å². The number of piperidine rings is 1. The van der Waals surface area contributed by atoms with Gasteiger partial charge in [0.2, 0.25) is 0 Å². The summed E-state index contributed by atoms with van der Waals surface area (Å²) < 4.78 is 1.11. The molecule has 106 valence electrons. The third-order valence-corrected chi connectivity index (χ3v) is 3.89. The molecule has 1 fully saturated rings. The lowest BCUT2D eigenvalue weighted by Crippen LogP contribution is -2.40. The van der Waals surface area contributed by atoms with Gasteiger partial charge in [0, 0.05) is 17.6 Å². The second-order valence-electron chi connectivity index (χ2n) is 4.79. The fourth-order valence-corrected chi connectivity index (χ4v) is 2.70. The largest absolute Gasteiger partial charge is 0.370 e. The molecule has 19 heavy (non-hydrogen) atoms. The summed E-state index contributed by atoms with van der Waals surface area (Å²) in [4.78, 5) is 6.71. The molecule has 0 saturated carbocycles. The van der Waals surface area contributed by atoms with E-state index in [1.807, 2.05) is 0 Å².